The summed E-state index contributed by atoms with van der Waals surface area (Å²) in [6.45, 7) is 0.694. The highest BCUT2D eigenvalue weighted by Crippen LogP contribution is 2.36. The van der Waals surface area contributed by atoms with Gasteiger partial charge in [-0.3, -0.25) is 9.59 Å². The number of carbonyl (C=O) groups excluding carboxylic acids is 1. The van der Waals surface area contributed by atoms with Crippen LogP contribution in [0.4, 0.5) is 0 Å². The molecule has 112 valence electrons. The lowest BCUT2D eigenvalue weighted by Crippen LogP contribution is -2.44. The minimum Gasteiger partial charge on any atom is -0.481 e. The van der Waals surface area contributed by atoms with E-state index in [0.29, 0.717) is 23.6 Å². The molecule has 2 aliphatic rings. The minimum absolute atomic E-state index is 0.0158. The van der Waals surface area contributed by atoms with Gasteiger partial charge < -0.3 is 19.5 Å². The summed E-state index contributed by atoms with van der Waals surface area (Å²) in [5.74, 6) is -0.0318. The minimum atomic E-state index is -0.877. The Kier molecular flexibility index (Phi) is 3.68. The molecule has 1 aromatic carbocycles. The standard InChI is InChI=1S/C15H17NO5/c17-13(18)8-10-4-1-2-7-16(10)15(19)11-5-3-6-12-14(11)21-9-20-12/h3,5-6,10H,1-2,4,7-9H2,(H,17,18). The van der Waals surface area contributed by atoms with E-state index in [9.17, 15) is 9.59 Å². The Morgan fingerprint density at radius 1 is 1.29 bits per heavy atom. The second kappa shape index (κ2) is 5.63. The molecule has 1 unspecified atom stereocenters. The second-order valence-electron chi connectivity index (χ2n) is 5.29. The largest absolute Gasteiger partial charge is 0.481 e. The molecule has 0 bridgehead atoms. The maximum absolute atomic E-state index is 12.7. The van der Waals surface area contributed by atoms with Crippen molar-refractivity contribution in [1.82, 2.24) is 4.90 Å². The molecule has 1 N–H and O–H groups in total. The highest BCUT2D eigenvalue weighted by Gasteiger charge is 2.32. The summed E-state index contributed by atoms with van der Waals surface area (Å²) in [4.78, 5) is 25.4. The molecule has 0 spiro atoms. The third-order valence-electron chi connectivity index (χ3n) is 3.93. The van der Waals surface area contributed by atoms with Crippen molar-refractivity contribution in [2.75, 3.05) is 13.3 Å². The number of para-hydroxylation sites is 1. The first-order chi connectivity index (χ1) is 10.2. The summed E-state index contributed by atoms with van der Waals surface area (Å²) in [5, 5.41) is 9.01. The van der Waals surface area contributed by atoms with Gasteiger partial charge in [-0.05, 0) is 31.4 Å². The van der Waals surface area contributed by atoms with Crippen molar-refractivity contribution in [3.8, 4) is 11.5 Å². The number of fused-ring (bicyclic) bond motifs is 1. The van der Waals surface area contributed by atoms with E-state index in [2.05, 4.69) is 0 Å². The zero-order valence-corrected chi connectivity index (χ0v) is 11.6. The van der Waals surface area contributed by atoms with E-state index >= 15 is 0 Å². The number of likely N-dealkylation sites (tertiary alicyclic amines) is 1. The predicted octanol–water partition coefficient (Wildman–Crippen LogP) is 1.88. The van der Waals surface area contributed by atoms with E-state index in [-0.39, 0.29) is 25.2 Å². The predicted molar refractivity (Wildman–Crippen MR) is 73.5 cm³/mol. The number of amides is 1. The molecule has 6 nitrogen and oxygen atoms in total. The topological polar surface area (TPSA) is 76.1 Å². The lowest BCUT2D eigenvalue weighted by Gasteiger charge is -2.35. The Morgan fingerprint density at radius 3 is 2.95 bits per heavy atom. The molecule has 0 aromatic heterocycles. The first-order valence-electron chi connectivity index (χ1n) is 7.08. The van der Waals surface area contributed by atoms with Gasteiger partial charge in [0, 0.05) is 12.6 Å². The van der Waals surface area contributed by atoms with Crippen LogP contribution in [-0.2, 0) is 4.79 Å². The molecule has 21 heavy (non-hydrogen) atoms. The molecule has 3 rings (SSSR count). The molecule has 0 radical (unpaired) electrons. The Hall–Kier alpha value is -2.24. The van der Waals surface area contributed by atoms with E-state index in [1.165, 1.54) is 0 Å². The van der Waals surface area contributed by atoms with Crippen LogP contribution < -0.4 is 9.47 Å². The number of ether oxygens (including phenoxy) is 2. The van der Waals surface area contributed by atoms with Gasteiger partial charge in [-0.1, -0.05) is 6.07 Å². The smallest absolute Gasteiger partial charge is 0.305 e. The average Bonchev–Trinajstić information content (AvgIpc) is 2.95. The second-order valence-corrected chi connectivity index (χ2v) is 5.29. The Morgan fingerprint density at radius 2 is 2.14 bits per heavy atom. The molecular formula is C15H17NO5. The number of carbonyl (C=O) groups is 2. The summed E-state index contributed by atoms with van der Waals surface area (Å²) in [6, 6.07) is 4.95. The van der Waals surface area contributed by atoms with Gasteiger partial charge in [-0.2, -0.15) is 0 Å². The number of hydrogen-bond donors (Lipinski definition) is 1. The quantitative estimate of drug-likeness (QED) is 0.920. The maximum Gasteiger partial charge on any atom is 0.305 e. The van der Waals surface area contributed by atoms with Crippen LogP contribution in [0.25, 0.3) is 0 Å². The number of rotatable bonds is 3. The summed E-state index contributed by atoms with van der Waals surface area (Å²) in [7, 11) is 0. The van der Waals surface area contributed by atoms with Gasteiger partial charge in [-0.25, -0.2) is 0 Å². The molecule has 1 atom stereocenters. The summed E-state index contributed by atoms with van der Waals surface area (Å²) in [5.41, 5.74) is 0.447. The van der Waals surface area contributed by atoms with Crippen molar-refractivity contribution in [1.29, 1.82) is 0 Å². The van der Waals surface area contributed by atoms with Crippen molar-refractivity contribution < 1.29 is 24.2 Å². The molecule has 6 heteroatoms. The van der Waals surface area contributed by atoms with Crippen LogP contribution in [0.3, 0.4) is 0 Å². The van der Waals surface area contributed by atoms with Gasteiger partial charge in [0.1, 0.15) is 0 Å². The van der Waals surface area contributed by atoms with Gasteiger partial charge in [-0.15, -0.1) is 0 Å². The number of carboxylic acids is 1. The molecule has 2 heterocycles. The third kappa shape index (κ3) is 2.66. The number of hydrogen-bond acceptors (Lipinski definition) is 4. The van der Waals surface area contributed by atoms with E-state index in [1.54, 1.807) is 23.1 Å². The monoisotopic (exact) mass is 291 g/mol. The lowest BCUT2D eigenvalue weighted by atomic mass is 9.98. The number of nitrogens with zero attached hydrogens (tertiary/aromatic N) is 1. The van der Waals surface area contributed by atoms with Crippen LogP contribution in [0.2, 0.25) is 0 Å². The number of carboxylic acid groups (broad SMARTS) is 1. The zero-order valence-electron chi connectivity index (χ0n) is 11.6. The fraction of sp³-hybridized carbons (Fsp3) is 0.467. The average molecular weight is 291 g/mol. The fourth-order valence-electron chi connectivity index (χ4n) is 2.94. The lowest BCUT2D eigenvalue weighted by molar-refractivity contribution is -0.138. The van der Waals surface area contributed by atoms with Crippen LogP contribution in [0.15, 0.2) is 18.2 Å². The molecular weight excluding hydrogens is 274 g/mol. The molecule has 1 aromatic rings. The molecule has 2 aliphatic heterocycles. The number of piperidine rings is 1. The molecule has 0 saturated carbocycles. The number of benzene rings is 1. The first kappa shape index (κ1) is 13.7. The van der Waals surface area contributed by atoms with Crippen molar-refractivity contribution >= 4 is 11.9 Å². The maximum atomic E-state index is 12.7. The van der Waals surface area contributed by atoms with Crippen LogP contribution in [0.5, 0.6) is 11.5 Å². The Labute approximate surface area is 122 Å². The van der Waals surface area contributed by atoms with E-state index < -0.39 is 5.97 Å². The Bertz CT molecular complexity index is 571. The third-order valence-corrected chi connectivity index (χ3v) is 3.93. The summed E-state index contributed by atoms with van der Waals surface area (Å²) >= 11 is 0. The summed E-state index contributed by atoms with van der Waals surface area (Å²) in [6.07, 6.45) is 2.56. The highest BCUT2D eigenvalue weighted by molar-refractivity contribution is 5.98. The van der Waals surface area contributed by atoms with E-state index in [1.807, 2.05) is 0 Å². The van der Waals surface area contributed by atoms with E-state index in [4.69, 9.17) is 14.6 Å². The van der Waals surface area contributed by atoms with Gasteiger partial charge in [0.05, 0.1) is 12.0 Å². The molecule has 1 amide bonds. The van der Waals surface area contributed by atoms with Gasteiger partial charge in [0.2, 0.25) is 6.79 Å². The van der Waals surface area contributed by atoms with Crippen LogP contribution in [0, 0.1) is 0 Å². The fourth-order valence-corrected chi connectivity index (χ4v) is 2.94. The molecule has 1 saturated heterocycles. The van der Waals surface area contributed by atoms with Crippen molar-refractivity contribution in [2.45, 2.75) is 31.7 Å². The van der Waals surface area contributed by atoms with Crippen LogP contribution in [0.1, 0.15) is 36.0 Å². The van der Waals surface area contributed by atoms with Crippen LogP contribution >= 0.6 is 0 Å². The zero-order chi connectivity index (χ0) is 14.8. The van der Waals surface area contributed by atoms with Crippen molar-refractivity contribution in [2.24, 2.45) is 0 Å². The van der Waals surface area contributed by atoms with Crippen LogP contribution in [-0.4, -0.2) is 41.3 Å². The summed E-state index contributed by atoms with van der Waals surface area (Å²) < 4.78 is 10.7. The molecule has 0 aliphatic carbocycles. The van der Waals surface area contributed by atoms with E-state index in [0.717, 1.165) is 19.3 Å². The van der Waals surface area contributed by atoms with Crippen molar-refractivity contribution in [3.05, 3.63) is 23.8 Å². The van der Waals surface area contributed by atoms with Gasteiger partial charge >= 0.3 is 5.97 Å². The number of aliphatic carboxylic acids is 1. The van der Waals surface area contributed by atoms with Gasteiger partial charge in [0.25, 0.3) is 5.91 Å². The first-order valence-corrected chi connectivity index (χ1v) is 7.08. The van der Waals surface area contributed by atoms with Crippen molar-refractivity contribution in [3.63, 3.8) is 0 Å². The SMILES string of the molecule is O=C(O)CC1CCCCN1C(=O)c1cccc2c1OCO2. The van der Waals surface area contributed by atoms with Gasteiger partial charge in [0.15, 0.2) is 11.5 Å². The normalized spacial score (nSPS) is 20.4. The highest BCUT2D eigenvalue weighted by atomic mass is 16.7. The Balaban J connectivity index is 1.86. The molecule has 1 fully saturated rings.